The number of phenolic OH excluding ortho intramolecular Hbond substituents is 3. The number of piperazine rings is 1. The molecule has 11 nitrogen and oxygen atoms in total. The van der Waals surface area contributed by atoms with Crippen molar-refractivity contribution in [3.63, 3.8) is 0 Å². The number of carbonyl (C=O) groups is 1. The highest BCUT2D eigenvalue weighted by molar-refractivity contribution is 5.83. The summed E-state index contributed by atoms with van der Waals surface area (Å²) in [4.78, 5) is 16.8. The van der Waals surface area contributed by atoms with E-state index in [0.717, 1.165) is 11.1 Å². The van der Waals surface area contributed by atoms with Crippen molar-refractivity contribution in [2.24, 2.45) is 5.73 Å². The minimum Gasteiger partial charge on any atom is -0.507 e. The van der Waals surface area contributed by atoms with Gasteiger partial charge in [-0.1, -0.05) is 6.07 Å². The van der Waals surface area contributed by atoms with Crippen molar-refractivity contribution >= 4 is 12.0 Å². The normalized spacial score (nSPS) is 23.9. The molecule has 0 saturated carbocycles. The van der Waals surface area contributed by atoms with Crippen molar-refractivity contribution in [3.05, 3.63) is 45.1 Å². The first-order valence-electron chi connectivity index (χ1n) is 12.7. The summed E-state index contributed by atoms with van der Waals surface area (Å²) in [5, 5.41) is 47.4. The van der Waals surface area contributed by atoms with Crippen LogP contribution in [0.5, 0.6) is 28.7 Å². The second kappa shape index (κ2) is 9.25. The van der Waals surface area contributed by atoms with E-state index in [9.17, 15) is 25.4 Å². The standard InChI is InChI=1S/C28H33N5O6/c1-11-7-14-8-16-18(10-29)33-17(21(32(16)4)19(14)23(35)25(11)38-5)9-15-20(27(33)31-28(37)13(3)30)24(36)26(39-6)12(2)22(15)34/h7,9,13,16,18,21,27,34-36H,8,30H2,1-6H3,(H,31,37)/t13?,16-,18-,21-,27+/m0/s1. The zero-order valence-electron chi connectivity index (χ0n) is 22.7. The maximum Gasteiger partial charge on any atom is 0.238 e. The number of methoxy groups -OCH3 is 2. The van der Waals surface area contributed by atoms with Crippen LogP contribution in [0.1, 0.15) is 52.5 Å². The van der Waals surface area contributed by atoms with Crippen molar-refractivity contribution < 1.29 is 29.6 Å². The van der Waals surface area contributed by atoms with Crippen LogP contribution in [0.15, 0.2) is 11.8 Å². The first-order valence-corrected chi connectivity index (χ1v) is 12.7. The average molecular weight is 536 g/mol. The van der Waals surface area contributed by atoms with Gasteiger partial charge in [-0.05, 0) is 51.4 Å². The fourth-order valence-electron chi connectivity index (χ4n) is 6.38. The third kappa shape index (κ3) is 3.59. The summed E-state index contributed by atoms with van der Waals surface area (Å²) in [5.74, 6) is -0.476. The van der Waals surface area contributed by atoms with Gasteiger partial charge in [0.05, 0.1) is 37.9 Å². The number of amides is 1. The van der Waals surface area contributed by atoms with Crippen molar-refractivity contribution in [3.8, 4) is 34.8 Å². The van der Waals surface area contributed by atoms with Crippen LogP contribution in [0.4, 0.5) is 0 Å². The summed E-state index contributed by atoms with van der Waals surface area (Å²) >= 11 is 0. The molecule has 5 rings (SSSR count). The second-order valence-corrected chi connectivity index (χ2v) is 10.4. The monoisotopic (exact) mass is 535 g/mol. The molecular formula is C28H33N5O6. The maximum absolute atomic E-state index is 13.0. The molecule has 1 fully saturated rings. The molecule has 0 aromatic heterocycles. The Labute approximate surface area is 226 Å². The first kappa shape index (κ1) is 26.5. The summed E-state index contributed by atoms with van der Waals surface area (Å²) in [5.41, 5.74) is 9.54. The van der Waals surface area contributed by atoms with Gasteiger partial charge in [0.2, 0.25) is 5.91 Å². The smallest absolute Gasteiger partial charge is 0.238 e. The van der Waals surface area contributed by atoms with Crippen molar-refractivity contribution in [2.75, 3.05) is 21.3 Å². The Morgan fingerprint density at radius 2 is 1.79 bits per heavy atom. The minimum atomic E-state index is -1.06. The molecule has 39 heavy (non-hydrogen) atoms. The number of nitrogens with zero attached hydrogens (tertiary/aromatic N) is 3. The molecule has 2 aromatic carbocycles. The predicted molar refractivity (Wildman–Crippen MR) is 142 cm³/mol. The van der Waals surface area contributed by atoms with Gasteiger partial charge in [0.15, 0.2) is 23.0 Å². The number of hydrogen-bond donors (Lipinski definition) is 5. The van der Waals surface area contributed by atoms with Gasteiger partial charge in [-0.2, -0.15) is 5.26 Å². The lowest BCUT2D eigenvalue weighted by atomic mass is 9.76. The number of rotatable bonds is 4. The summed E-state index contributed by atoms with van der Waals surface area (Å²) in [6.45, 7) is 5.00. The lowest BCUT2D eigenvalue weighted by Gasteiger charge is -2.57. The molecule has 1 saturated heterocycles. The molecule has 2 aromatic rings. The summed E-state index contributed by atoms with van der Waals surface area (Å²) in [7, 11) is 4.75. The molecule has 1 amide bonds. The van der Waals surface area contributed by atoms with E-state index in [2.05, 4.69) is 11.4 Å². The average Bonchev–Trinajstić information content (AvgIpc) is 2.88. The topological polar surface area (TPSA) is 165 Å². The number of nitrogens with two attached hydrogens (primary N) is 1. The SMILES string of the molecule is COc1c(C)cc2c(c1O)[C@@H]1C3=Cc4c(O)c(C)c(OC)c(O)c4[C@H](NC(=O)C(C)N)N3[C@@H](C#N)[C@H](C2)N1C. The van der Waals surface area contributed by atoms with Crippen LogP contribution in [0.3, 0.4) is 0 Å². The van der Waals surface area contributed by atoms with Crippen LogP contribution in [-0.2, 0) is 11.2 Å². The van der Waals surface area contributed by atoms with Crippen LogP contribution in [0.2, 0.25) is 0 Å². The molecule has 6 N–H and O–H groups in total. The maximum atomic E-state index is 13.0. The third-order valence-electron chi connectivity index (χ3n) is 8.23. The van der Waals surface area contributed by atoms with Crippen LogP contribution >= 0.6 is 0 Å². The number of fused-ring (bicyclic) bond motifs is 7. The number of phenols is 3. The summed E-state index contributed by atoms with van der Waals surface area (Å²) in [6.07, 6.45) is 1.10. The van der Waals surface area contributed by atoms with Gasteiger partial charge < -0.3 is 40.7 Å². The molecule has 11 heteroatoms. The molecule has 3 aliphatic rings. The quantitative estimate of drug-likeness (QED) is 0.366. The Balaban J connectivity index is 1.85. The first-order chi connectivity index (χ1) is 18.5. The Morgan fingerprint density at radius 1 is 1.15 bits per heavy atom. The van der Waals surface area contributed by atoms with E-state index in [0.29, 0.717) is 29.0 Å². The van der Waals surface area contributed by atoms with Crippen LogP contribution in [0, 0.1) is 25.2 Å². The number of benzene rings is 2. The Morgan fingerprint density at radius 3 is 2.38 bits per heavy atom. The zero-order valence-corrected chi connectivity index (χ0v) is 22.7. The molecule has 0 spiro atoms. The number of likely N-dealkylation sites (N-methyl/N-ethyl adjacent to an activating group) is 1. The molecule has 0 radical (unpaired) electrons. The second-order valence-electron chi connectivity index (χ2n) is 10.4. The van der Waals surface area contributed by atoms with Crippen LogP contribution in [0.25, 0.3) is 6.08 Å². The van der Waals surface area contributed by atoms with Gasteiger partial charge in [0.1, 0.15) is 18.0 Å². The van der Waals surface area contributed by atoms with E-state index < -0.39 is 30.2 Å². The van der Waals surface area contributed by atoms with Gasteiger partial charge >= 0.3 is 0 Å². The number of nitrogens with one attached hydrogen (secondary N) is 1. The Bertz CT molecular complexity index is 1460. The van der Waals surface area contributed by atoms with Gasteiger partial charge in [0.25, 0.3) is 0 Å². The largest absolute Gasteiger partial charge is 0.507 e. The highest BCUT2D eigenvalue weighted by Gasteiger charge is 2.53. The molecular weight excluding hydrogens is 502 g/mol. The number of aromatic hydroxyl groups is 3. The highest BCUT2D eigenvalue weighted by atomic mass is 16.5. The molecule has 5 atom stereocenters. The third-order valence-corrected chi connectivity index (χ3v) is 8.23. The molecule has 0 aliphatic carbocycles. The molecule has 3 heterocycles. The fourth-order valence-corrected chi connectivity index (χ4v) is 6.38. The lowest BCUT2D eigenvalue weighted by Crippen LogP contribution is -2.63. The lowest BCUT2D eigenvalue weighted by molar-refractivity contribution is -0.124. The predicted octanol–water partition coefficient (Wildman–Crippen LogP) is 2.06. The number of carbonyl (C=O) groups excluding carboxylic acids is 1. The highest BCUT2D eigenvalue weighted by Crippen LogP contribution is 2.57. The van der Waals surface area contributed by atoms with Crippen molar-refractivity contribution in [1.82, 2.24) is 15.1 Å². The molecule has 2 bridgehead atoms. The van der Waals surface area contributed by atoms with Crippen molar-refractivity contribution in [2.45, 2.75) is 57.5 Å². The number of aryl methyl sites for hydroxylation is 1. The van der Waals surface area contributed by atoms with Crippen molar-refractivity contribution in [1.29, 1.82) is 5.26 Å². The fraction of sp³-hybridized carbons (Fsp3) is 0.429. The summed E-state index contributed by atoms with van der Waals surface area (Å²) in [6, 6.07) is 1.85. The van der Waals surface area contributed by atoms with E-state index >= 15 is 0 Å². The van der Waals surface area contributed by atoms with E-state index in [1.54, 1.807) is 17.9 Å². The van der Waals surface area contributed by atoms with E-state index in [1.807, 2.05) is 24.9 Å². The van der Waals surface area contributed by atoms with Crippen LogP contribution in [-0.4, -0.2) is 70.4 Å². The Kier molecular flexibility index (Phi) is 6.28. The van der Waals surface area contributed by atoms with Gasteiger partial charge in [0, 0.05) is 28.4 Å². The van der Waals surface area contributed by atoms with E-state index in [1.165, 1.54) is 21.1 Å². The number of nitriles is 1. The van der Waals surface area contributed by atoms with Gasteiger partial charge in [-0.15, -0.1) is 0 Å². The minimum absolute atomic E-state index is 0.000925. The zero-order chi connectivity index (χ0) is 28.5. The molecule has 1 unspecified atom stereocenters. The Hall–Kier alpha value is -4.14. The van der Waals surface area contributed by atoms with Gasteiger partial charge in [-0.25, -0.2) is 0 Å². The molecule has 3 aliphatic heterocycles. The number of hydrogen-bond acceptors (Lipinski definition) is 10. The molecule has 206 valence electrons. The number of ether oxygens (including phenoxy) is 2. The van der Waals surface area contributed by atoms with E-state index in [-0.39, 0.29) is 40.2 Å². The van der Waals surface area contributed by atoms with E-state index in [4.69, 9.17) is 15.2 Å². The van der Waals surface area contributed by atoms with Crippen LogP contribution < -0.4 is 20.5 Å². The summed E-state index contributed by atoms with van der Waals surface area (Å²) < 4.78 is 10.9. The van der Waals surface area contributed by atoms with Gasteiger partial charge in [-0.3, -0.25) is 9.69 Å².